The minimum absolute atomic E-state index is 0.0364. The van der Waals surface area contributed by atoms with Crippen molar-refractivity contribution >= 4 is 29.1 Å². The summed E-state index contributed by atoms with van der Waals surface area (Å²) < 4.78 is 38.0. The molecule has 24 heavy (non-hydrogen) atoms. The lowest BCUT2D eigenvalue weighted by molar-refractivity contribution is -0.137. The van der Waals surface area contributed by atoms with Gasteiger partial charge >= 0.3 is 6.18 Å². The van der Waals surface area contributed by atoms with Crippen molar-refractivity contribution in [2.45, 2.75) is 6.18 Å². The number of amides is 2. The second kappa shape index (κ2) is 7.35. The van der Waals surface area contributed by atoms with Gasteiger partial charge in [-0.1, -0.05) is 29.8 Å². The van der Waals surface area contributed by atoms with E-state index in [4.69, 9.17) is 11.6 Å². The number of anilines is 1. The van der Waals surface area contributed by atoms with Gasteiger partial charge in [-0.15, -0.1) is 0 Å². The number of hydrogen-bond donors (Lipinski definition) is 2. The van der Waals surface area contributed by atoms with Crippen LogP contribution in [0.1, 0.15) is 15.9 Å². The Morgan fingerprint density at radius 2 is 1.71 bits per heavy atom. The Balaban J connectivity index is 1.99. The van der Waals surface area contributed by atoms with Crippen LogP contribution in [0.15, 0.2) is 48.5 Å². The van der Waals surface area contributed by atoms with Gasteiger partial charge in [0.1, 0.15) is 0 Å². The summed E-state index contributed by atoms with van der Waals surface area (Å²) in [6, 6.07) is 10.8. The Bertz CT molecular complexity index is 749. The van der Waals surface area contributed by atoms with Crippen LogP contribution in [-0.4, -0.2) is 18.4 Å². The summed E-state index contributed by atoms with van der Waals surface area (Å²) in [7, 11) is 0. The van der Waals surface area contributed by atoms with E-state index in [1.807, 2.05) is 0 Å². The zero-order valence-corrected chi connectivity index (χ0v) is 12.9. The molecule has 0 saturated carbocycles. The van der Waals surface area contributed by atoms with E-state index in [9.17, 15) is 22.8 Å². The van der Waals surface area contributed by atoms with E-state index in [0.717, 1.165) is 18.2 Å². The smallest absolute Gasteiger partial charge is 0.343 e. The molecule has 0 bridgehead atoms. The van der Waals surface area contributed by atoms with E-state index in [1.165, 1.54) is 0 Å². The summed E-state index contributed by atoms with van der Waals surface area (Å²) in [5.74, 6) is -1.17. The lowest BCUT2D eigenvalue weighted by Crippen LogP contribution is -2.32. The number of nitrogens with one attached hydrogen (secondary N) is 2. The number of rotatable bonds is 4. The monoisotopic (exact) mass is 356 g/mol. The van der Waals surface area contributed by atoms with Crippen LogP contribution in [-0.2, 0) is 11.0 Å². The molecule has 0 aliphatic heterocycles. The van der Waals surface area contributed by atoms with Crippen LogP contribution in [0.5, 0.6) is 0 Å². The number of carbonyl (C=O) groups excluding carboxylic acids is 2. The predicted octanol–water partition coefficient (Wildman–Crippen LogP) is 3.73. The predicted molar refractivity (Wildman–Crippen MR) is 83.9 cm³/mol. The molecule has 0 spiro atoms. The van der Waals surface area contributed by atoms with Gasteiger partial charge < -0.3 is 10.6 Å². The molecular formula is C16H12ClF3N2O2. The van der Waals surface area contributed by atoms with Crippen LogP contribution in [0.4, 0.5) is 18.9 Å². The molecule has 0 aliphatic carbocycles. The Hall–Kier alpha value is -2.54. The highest BCUT2D eigenvalue weighted by atomic mass is 35.5. The van der Waals surface area contributed by atoms with Crippen molar-refractivity contribution in [3.05, 3.63) is 64.7 Å². The highest BCUT2D eigenvalue weighted by molar-refractivity contribution is 6.33. The van der Waals surface area contributed by atoms with Gasteiger partial charge in [0.25, 0.3) is 5.91 Å². The summed E-state index contributed by atoms with van der Waals surface area (Å²) in [4.78, 5) is 23.6. The van der Waals surface area contributed by atoms with Gasteiger partial charge in [-0.2, -0.15) is 13.2 Å². The van der Waals surface area contributed by atoms with Gasteiger partial charge in [-0.25, -0.2) is 0 Å². The molecule has 0 aromatic heterocycles. The minimum Gasteiger partial charge on any atom is -0.343 e. The molecule has 0 atom stereocenters. The maximum atomic E-state index is 12.7. The highest BCUT2D eigenvalue weighted by Gasteiger charge is 2.31. The average molecular weight is 357 g/mol. The van der Waals surface area contributed by atoms with E-state index < -0.39 is 30.1 Å². The second-order valence-electron chi connectivity index (χ2n) is 4.79. The molecule has 0 unspecified atom stereocenters. The van der Waals surface area contributed by atoms with E-state index in [1.54, 1.807) is 30.3 Å². The van der Waals surface area contributed by atoms with Crippen molar-refractivity contribution in [1.29, 1.82) is 0 Å². The maximum absolute atomic E-state index is 12.7. The standard InChI is InChI=1S/C16H12ClF3N2O2/c17-12-7-6-11(16(18,19)20)8-13(12)22-14(23)9-21-15(24)10-4-2-1-3-5-10/h1-8H,9H2,(H,21,24)(H,22,23). The summed E-state index contributed by atoms with van der Waals surface area (Å²) in [6.45, 7) is -0.402. The van der Waals surface area contributed by atoms with Crippen molar-refractivity contribution in [3.63, 3.8) is 0 Å². The van der Waals surface area contributed by atoms with Gasteiger partial charge in [-0.05, 0) is 30.3 Å². The fraction of sp³-hybridized carbons (Fsp3) is 0.125. The van der Waals surface area contributed by atoms with Crippen LogP contribution in [0, 0.1) is 0 Å². The number of hydrogen-bond acceptors (Lipinski definition) is 2. The Kier molecular flexibility index (Phi) is 5.46. The minimum atomic E-state index is -4.55. The summed E-state index contributed by atoms with van der Waals surface area (Å²) in [5, 5.41) is 4.57. The summed E-state index contributed by atoms with van der Waals surface area (Å²) in [6.07, 6.45) is -4.55. The number of alkyl halides is 3. The van der Waals surface area contributed by atoms with Crippen molar-refractivity contribution in [3.8, 4) is 0 Å². The topological polar surface area (TPSA) is 58.2 Å². The number of halogens is 4. The lowest BCUT2D eigenvalue weighted by atomic mass is 10.2. The Morgan fingerprint density at radius 1 is 1.04 bits per heavy atom. The fourth-order valence-corrected chi connectivity index (χ4v) is 2.01. The molecule has 0 aliphatic rings. The van der Waals surface area contributed by atoms with Crippen molar-refractivity contribution in [2.75, 3.05) is 11.9 Å². The third kappa shape index (κ3) is 4.73. The molecule has 4 nitrogen and oxygen atoms in total. The van der Waals surface area contributed by atoms with Gasteiger partial charge in [-0.3, -0.25) is 9.59 Å². The van der Waals surface area contributed by atoms with E-state index in [2.05, 4.69) is 10.6 Å². The quantitative estimate of drug-likeness (QED) is 0.877. The first-order chi connectivity index (χ1) is 11.3. The molecule has 2 amide bonds. The zero-order chi connectivity index (χ0) is 17.7. The van der Waals surface area contributed by atoms with Gasteiger partial charge in [0.15, 0.2) is 0 Å². The van der Waals surface area contributed by atoms with Crippen LogP contribution in [0.2, 0.25) is 5.02 Å². The normalized spacial score (nSPS) is 11.0. The first-order valence-corrected chi connectivity index (χ1v) is 7.15. The molecule has 0 fully saturated rings. The van der Waals surface area contributed by atoms with Crippen molar-refractivity contribution < 1.29 is 22.8 Å². The third-order valence-corrected chi connectivity index (χ3v) is 3.34. The van der Waals surface area contributed by atoms with E-state index >= 15 is 0 Å². The first kappa shape index (κ1) is 17.8. The zero-order valence-electron chi connectivity index (χ0n) is 12.2. The third-order valence-electron chi connectivity index (χ3n) is 3.01. The van der Waals surface area contributed by atoms with Gasteiger partial charge in [0.2, 0.25) is 5.91 Å². The van der Waals surface area contributed by atoms with Gasteiger partial charge in [0.05, 0.1) is 22.8 Å². The molecule has 2 aromatic rings. The second-order valence-corrected chi connectivity index (χ2v) is 5.20. The number of benzene rings is 2. The Labute approximate surface area is 140 Å². The van der Waals surface area contributed by atoms with E-state index in [-0.39, 0.29) is 10.7 Å². The van der Waals surface area contributed by atoms with Crippen LogP contribution >= 0.6 is 11.6 Å². The molecule has 8 heteroatoms. The first-order valence-electron chi connectivity index (χ1n) is 6.77. The van der Waals surface area contributed by atoms with Crippen LogP contribution < -0.4 is 10.6 Å². The summed E-state index contributed by atoms with van der Waals surface area (Å²) >= 11 is 5.78. The van der Waals surface area contributed by atoms with Crippen LogP contribution in [0.25, 0.3) is 0 Å². The summed E-state index contributed by atoms with van der Waals surface area (Å²) in [5.41, 5.74) is -0.747. The van der Waals surface area contributed by atoms with E-state index in [0.29, 0.717) is 5.56 Å². The number of carbonyl (C=O) groups is 2. The largest absolute Gasteiger partial charge is 0.416 e. The molecule has 0 radical (unpaired) electrons. The molecule has 2 rings (SSSR count). The average Bonchev–Trinajstić information content (AvgIpc) is 2.54. The van der Waals surface area contributed by atoms with Crippen molar-refractivity contribution in [2.24, 2.45) is 0 Å². The highest BCUT2D eigenvalue weighted by Crippen LogP contribution is 2.33. The molecule has 2 N–H and O–H groups in total. The van der Waals surface area contributed by atoms with Crippen molar-refractivity contribution in [1.82, 2.24) is 5.32 Å². The van der Waals surface area contributed by atoms with Gasteiger partial charge in [0, 0.05) is 5.56 Å². The van der Waals surface area contributed by atoms with Crippen LogP contribution in [0.3, 0.4) is 0 Å². The molecule has 126 valence electrons. The molecule has 2 aromatic carbocycles. The SMILES string of the molecule is O=C(CNC(=O)c1ccccc1)Nc1cc(C(F)(F)F)ccc1Cl. The lowest BCUT2D eigenvalue weighted by Gasteiger charge is -2.12. The fourth-order valence-electron chi connectivity index (χ4n) is 1.84. The molecule has 0 heterocycles. The Morgan fingerprint density at radius 3 is 2.33 bits per heavy atom. The molecular weight excluding hydrogens is 345 g/mol. The molecule has 0 saturated heterocycles. The maximum Gasteiger partial charge on any atom is 0.416 e.